The van der Waals surface area contributed by atoms with Crippen LogP contribution in [0.5, 0.6) is 0 Å². The van der Waals surface area contributed by atoms with Crippen molar-refractivity contribution in [3.8, 4) is 0 Å². The lowest BCUT2D eigenvalue weighted by atomic mass is 10.2. The van der Waals surface area contributed by atoms with Crippen molar-refractivity contribution in [2.24, 2.45) is 0 Å². The van der Waals surface area contributed by atoms with E-state index in [1.807, 2.05) is 0 Å². The van der Waals surface area contributed by atoms with Gasteiger partial charge in [-0.1, -0.05) is 22.4 Å². The van der Waals surface area contributed by atoms with Crippen molar-refractivity contribution in [3.05, 3.63) is 38.8 Å². The van der Waals surface area contributed by atoms with Crippen molar-refractivity contribution >= 4 is 48.4 Å². The van der Waals surface area contributed by atoms with Crippen molar-refractivity contribution in [1.82, 2.24) is 4.98 Å². The predicted molar refractivity (Wildman–Crippen MR) is 99.7 cm³/mol. The maximum absolute atomic E-state index is 12.8. The third kappa shape index (κ3) is 4.04. The summed E-state index contributed by atoms with van der Waals surface area (Å²) in [5.74, 6) is -0.711. The van der Waals surface area contributed by atoms with Gasteiger partial charge < -0.3 is 4.74 Å². The molecule has 0 fully saturated rings. The molecule has 1 heterocycles. The molecule has 9 heteroatoms. The number of nitrogens with zero attached hydrogens (tertiary/aromatic N) is 1. The number of anilines is 1. The first-order chi connectivity index (χ1) is 11.9. The summed E-state index contributed by atoms with van der Waals surface area (Å²) in [7, 11) is -2.73. The van der Waals surface area contributed by atoms with Crippen molar-refractivity contribution < 1.29 is 17.9 Å². The molecule has 1 N–H and O–H groups in total. The van der Waals surface area contributed by atoms with Gasteiger partial charge in [0.05, 0.1) is 18.4 Å². The lowest BCUT2D eigenvalue weighted by molar-refractivity contribution is 0.0596. The van der Waals surface area contributed by atoms with Crippen molar-refractivity contribution in [3.63, 3.8) is 0 Å². The van der Waals surface area contributed by atoms with Gasteiger partial charge in [0.25, 0.3) is 10.0 Å². The average molecular weight is 445 g/mol. The van der Waals surface area contributed by atoms with E-state index in [1.54, 1.807) is 6.07 Å². The molecule has 0 bridgehead atoms. The van der Waals surface area contributed by atoms with E-state index in [0.717, 1.165) is 36.3 Å². The minimum atomic E-state index is -3.95. The zero-order valence-corrected chi connectivity index (χ0v) is 16.8. The monoisotopic (exact) mass is 444 g/mol. The lowest BCUT2D eigenvalue weighted by Gasteiger charge is -2.10. The van der Waals surface area contributed by atoms with E-state index in [2.05, 4.69) is 25.6 Å². The number of carbonyl (C=O) groups excluding carboxylic acids is 1. The molecule has 0 unspecified atom stereocenters. The first-order valence-electron chi connectivity index (χ1n) is 7.80. The Morgan fingerprint density at radius 2 is 2.04 bits per heavy atom. The van der Waals surface area contributed by atoms with E-state index in [0.29, 0.717) is 9.60 Å². The zero-order valence-electron chi connectivity index (χ0n) is 13.5. The number of hydrogen-bond donors (Lipinski definition) is 1. The van der Waals surface area contributed by atoms with Crippen LogP contribution in [0.4, 0.5) is 5.13 Å². The fourth-order valence-corrected chi connectivity index (χ4v) is 5.57. The summed E-state index contributed by atoms with van der Waals surface area (Å²) in [5.41, 5.74) is 0.951. The molecule has 0 amide bonds. The molecule has 2 aromatic rings. The van der Waals surface area contributed by atoms with Crippen molar-refractivity contribution in [1.29, 1.82) is 0 Å². The Bertz CT molecular complexity index is 885. The first-order valence-corrected chi connectivity index (χ1v) is 10.9. The number of esters is 1. The number of ether oxygens (including phenoxy) is 1. The SMILES string of the molecule is COC(=O)c1cc(Br)ccc1S(=O)(=O)Nc1nc2c(s1)CCCCC2. The van der Waals surface area contributed by atoms with Crippen molar-refractivity contribution in [2.75, 3.05) is 11.8 Å². The van der Waals surface area contributed by atoms with Gasteiger partial charge in [-0.2, -0.15) is 0 Å². The molecule has 0 atom stereocenters. The summed E-state index contributed by atoms with van der Waals surface area (Å²) in [6, 6.07) is 4.37. The minimum Gasteiger partial charge on any atom is -0.465 e. The smallest absolute Gasteiger partial charge is 0.339 e. The van der Waals surface area contributed by atoms with E-state index in [9.17, 15) is 13.2 Å². The Labute approximate surface area is 158 Å². The van der Waals surface area contributed by atoms with E-state index >= 15 is 0 Å². The molecule has 1 aromatic heterocycles. The number of sulfonamides is 1. The molecule has 0 spiro atoms. The van der Waals surface area contributed by atoms with Crippen LogP contribution in [0.25, 0.3) is 0 Å². The Kier molecular flexibility index (Phi) is 5.45. The highest BCUT2D eigenvalue weighted by molar-refractivity contribution is 9.10. The molecule has 0 saturated carbocycles. The van der Waals surface area contributed by atoms with Gasteiger partial charge in [-0.3, -0.25) is 4.72 Å². The van der Waals surface area contributed by atoms with E-state index < -0.39 is 16.0 Å². The van der Waals surface area contributed by atoms with Gasteiger partial charge in [0.2, 0.25) is 0 Å². The highest BCUT2D eigenvalue weighted by atomic mass is 79.9. The van der Waals surface area contributed by atoms with E-state index in [4.69, 9.17) is 4.74 Å². The molecule has 134 valence electrons. The summed E-state index contributed by atoms with van der Waals surface area (Å²) >= 11 is 4.61. The van der Waals surface area contributed by atoms with E-state index in [-0.39, 0.29) is 10.5 Å². The summed E-state index contributed by atoms with van der Waals surface area (Å²) in [4.78, 5) is 17.4. The van der Waals surface area contributed by atoms with Crippen LogP contribution in [0.1, 0.15) is 40.2 Å². The normalized spacial score (nSPS) is 14.5. The van der Waals surface area contributed by atoms with Gasteiger partial charge in [-0.15, -0.1) is 11.3 Å². The van der Waals surface area contributed by atoms with Gasteiger partial charge in [0.1, 0.15) is 4.90 Å². The van der Waals surface area contributed by atoms with Crippen LogP contribution in [-0.2, 0) is 27.6 Å². The number of rotatable bonds is 4. The zero-order chi connectivity index (χ0) is 18.0. The second-order valence-corrected chi connectivity index (χ2v) is 9.34. The summed E-state index contributed by atoms with van der Waals surface area (Å²) in [6.45, 7) is 0. The summed E-state index contributed by atoms with van der Waals surface area (Å²) in [5, 5.41) is 0.339. The fraction of sp³-hybridized carbons (Fsp3) is 0.375. The molecule has 0 radical (unpaired) electrons. The maximum atomic E-state index is 12.8. The number of halogens is 1. The topological polar surface area (TPSA) is 85.4 Å². The van der Waals surface area contributed by atoms with E-state index in [1.165, 1.54) is 37.0 Å². The van der Waals surface area contributed by atoms with Gasteiger partial charge in [0, 0.05) is 9.35 Å². The number of thiazole rings is 1. The first kappa shape index (κ1) is 18.3. The van der Waals surface area contributed by atoms with Crippen molar-refractivity contribution in [2.45, 2.75) is 37.0 Å². The number of carbonyl (C=O) groups is 1. The highest BCUT2D eigenvalue weighted by Gasteiger charge is 2.25. The second-order valence-electron chi connectivity index (χ2n) is 5.69. The Morgan fingerprint density at radius 1 is 1.28 bits per heavy atom. The maximum Gasteiger partial charge on any atom is 0.339 e. The summed E-state index contributed by atoms with van der Waals surface area (Å²) < 4.78 is 33.3. The highest BCUT2D eigenvalue weighted by Crippen LogP contribution is 2.31. The summed E-state index contributed by atoms with van der Waals surface area (Å²) in [6.07, 6.45) is 5.15. The van der Waals surface area contributed by atoms with Gasteiger partial charge in [-0.25, -0.2) is 18.2 Å². The number of hydrogen-bond acceptors (Lipinski definition) is 6. The quantitative estimate of drug-likeness (QED) is 0.572. The van der Waals surface area contributed by atoms with Crippen LogP contribution in [0.3, 0.4) is 0 Å². The standard InChI is InChI=1S/C16H17BrN2O4S2/c1-23-15(20)11-9-10(17)7-8-14(11)25(21,22)19-16-18-12-5-3-2-4-6-13(12)24-16/h7-9H,2-6H2,1H3,(H,18,19). The second kappa shape index (κ2) is 7.43. The van der Waals surface area contributed by atoms with Crippen LogP contribution in [-0.4, -0.2) is 26.5 Å². The van der Waals surface area contributed by atoms with Gasteiger partial charge in [-0.05, 0) is 43.9 Å². The van der Waals surface area contributed by atoms with Crippen LogP contribution >= 0.6 is 27.3 Å². The average Bonchev–Trinajstić information content (AvgIpc) is 2.81. The third-order valence-electron chi connectivity index (χ3n) is 3.95. The predicted octanol–water partition coefficient (Wildman–Crippen LogP) is 3.76. The molecular formula is C16H17BrN2O4S2. The van der Waals surface area contributed by atoms with Crippen LogP contribution < -0.4 is 4.72 Å². The number of fused-ring (bicyclic) bond motifs is 1. The number of methoxy groups -OCH3 is 1. The van der Waals surface area contributed by atoms with Crippen LogP contribution in [0.2, 0.25) is 0 Å². The molecular weight excluding hydrogens is 428 g/mol. The Hall–Kier alpha value is -1.45. The molecule has 3 rings (SSSR count). The number of nitrogens with one attached hydrogen (secondary N) is 1. The molecule has 0 saturated heterocycles. The molecule has 0 aliphatic heterocycles. The fourth-order valence-electron chi connectivity index (χ4n) is 2.75. The molecule has 1 aliphatic carbocycles. The molecule has 1 aliphatic rings. The minimum absolute atomic E-state index is 0.0255. The lowest BCUT2D eigenvalue weighted by Crippen LogP contribution is -2.17. The largest absolute Gasteiger partial charge is 0.465 e. The molecule has 6 nitrogen and oxygen atoms in total. The van der Waals surface area contributed by atoms with Gasteiger partial charge in [0.15, 0.2) is 5.13 Å². The number of benzene rings is 1. The van der Waals surface area contributed by atoms with Crippen LogP contribution in [0, 0.1) is 0 Å². The molecule has 25 heavy (non-hydrogen) atoms. The Morgan fingerprint density at radius 3 is 2.80 bits per heavy atom. The molecule has 1 aromatic carbocycles. The van der Waals surface area contributed by atoms with Crippen LogP contribution in [0.15, 0.2) is 27.6 Å². The third-order valence-corrected chi connectivity index (χ3v) is 7.05. The van der Waals surface area contributed by atoms with Gasteiger partial charge >= 0.3 is 5.97 Å². The number of aryl methyl sites for hydroxylation is 2. The Balaban J connectivity index is 1.94. The number of aromatic nitrogens is 1.